The first-order valence-electron chi connectivity index (χ1n) is 7.08. The molecule has 1 aromatic heterocycles. The average molecular weight is 278 g/mol. The van der Waals surface area contributed by atoms with Crippen LogP contribution in [0.25, 0.3) is 11.0 Å². The minimum Gasteiger partial charge on any atom is -0.330 e. The number of hydrogen-bond donors (Lipinski definition) is 1. The maximum atomic E-state index is 6.07. The first kappa shape index (κ1) is 12.9. The van der Waals surface area contributed by atoms with Crippen LogP contribution >= 0.6 is 11.6 Å². The summed E-state index contributed by atoms with van der Waals surface area (Å²) in [5.74, 6) is 1.66. The number of rotatable bonds is 5. The molecule has 0 amide bonds. The highest BCUT2D eigenvalue weighted by Gasteiger charge is 2.29. The first-order chi connectivity index (χ1) is 9.20. The largest absolute Gasteiger partial charge is 0.330 e. The number of hydrogen-bond acceptors (Lipinski definition) is 2. The van der Waals surface area contributed by atoms with E-state index in [1.165, 1.54) is 24.2 Å². The Morgan fingerprint density at radius 1 is 1.47 bits per heavy atom. The molecule has 1 heterocycles. The van der Waals surface area contributed by atoms with E-state index in [0.29, 0.717) is 12.0 Å². The molecule has 2 N–H and O–H groups in total. The van der Waals surface area contributed by atoms with Gasteiger partial charge in [-0.2, -0.15) is 0 Å². The fraction of sp³-hybridized carbons (Fsp3) is 0.533. The van der Waals surface area contributed by atoms with Crippen LogP contribution in [0.2, 0.25) is 5.02 Å². The van der Waals surface area contributed by atoms with Crippen LogP contribution in [-0.4, -0.2) is 16.1 Å². The van der Waals surface area contributed by atoms with Crippen molar-refractivity contribution in [1.29, 1.82) is 0 Å². The monoisotopic (exact) mass is 277 g/mol. The Bertz CT molecular complexity index is 586. The van der Waals surface area contributed by atoms with Crippen LogP contribution in [0, 0.1) is 0 Å². The quantitative estimate of drug-likeness (QED) is 0.902. The predicted octanol–water partition coefficient (Wildman–Crippen LogP) is 3.87. The topological polar surface area (TPSA) is 43.8 Å². The number of aromatic nitrogens is 2. The van der Waals surface area contributed by atoms with Gasteiger partial charge in [0.05, 0.1) is 11.0 Å². The van der Waals surface area contributed by atoms with Crippen molar-refractivity contribution in [2.75, 3.05) is 6.54 Å². The van der Waals surface area contributed by atoms with E-state index in [1.54, 1.807) is 0 Å². The molecule has 1 aromatic carbocycles. The van der Waals surface area contributed by atoms with E-state index in [2.05, 4.69) is 17.6 Å². The summed E-state index contributed by atoms with van der Waals surface area (Å²) in [5.41, 5.74) is 7.86. The van der Waals surface area contributed by atoms with Gasteiger partial charge >= 0.3 is 0 Å². The fourth-order valence-corrected chi connectivity index (χ4v) is 2.87. The van der Waals surface area contributed by atoms with E-state index < -0.39 is 0 Å². The van der Waals surface area contributed by atoms with E-state index >= 15 is 0 Å². The molecule has 3 rings (SSSR count). The number of benzene rings is 1. The summed E-state index contributed by atoms with van der Waals surface area (Å²) < 4.78 is 2.42. The summed E-state index contributed by atoms with van der Waals surface area (Å²) in [4.78, 5) is 4.83. The lowest BCUT2D eigenvalue weighted by Crippen LogP contribution is -2.08. The summed E-state index contributed by atoms with van der Waals surface area (Å²) in [6.07, 6.45) is 4.69. The minimum atomic E-state index is 0.454. The zero-order valence-electron chi connectivity index (χ0n) is 11.3. The van der Waals surface area contributed by atoms with Crippen LogP contribution in [0.4, 0.5) is 0 Å². The molecule has 2 aromatic rings. The third kappa shape index (κ3) is 2.49. The van der Waals surface area contributed by atoms with Gasteiger partial charge in [0.15, 0.2) is 0 Å². The Morgan fingerprint density at radius 3 is 2.95 bits per heavy atom. The van der Waals surface area contributed by atoms with Crippen LogP contribution in [0.5, 0.6) is 0 Å². The van der Waals surface area contributed by atoms with Crippen LogP contribution in [0.1, 0.15) is 50.4 Å². The second kappa shape index (κ2) is 5.14. The van der Waals surface area contributed by atoms with Crippen LogP contribution in [0.15, 0.2) is 18.2 Å². The molecule has 0 spiro atoms. The van der Waals surface area contributed by atoms with Crippen molar-refractivity contribution >= 4 is 22.6 Å². The molecule has 0 saturated heterocycles. The van der Waals surface area contributed by atoms with Gasteiger partial charge in [0.2, 0.25) is 0 Å². The van der Waals surface area contributed by atoms with Gasteiger partial charge in [-0.1, -0.05) is 18.5 Å². The number of nitrogens with two attached hydrogens (primary N) is 1. The molecule has 1 fully saturated rings. The summed E-state index contributed by atoms with van der Waals surface area (Å²) in [6, 6.07) is 6.66. The molecular weight excluding hydrogens is 258 g/mol. The molecule has 0 aliphatic heterocycles. The second-order valence-corrected chi connectivity index (χ2v) is 5.97. The molecule has 1 unspecified atom stereocenters. The third-order valence-corrected chi connectivity index (χ3v) is 4.11. The van der Waals surface area contributed by atoms with Gasteiger partial charge in [0.1, 0.15) is 5.82 Å². The van der Waals surface area contributed by atoms with Crippen LogP contribution < -0.4 is 5.73 Å². The van der Waals surface area contributed by atoms with Crippen molar-refractivity contribution in [3.05, 3.63) is 29.0 Å². The highest BCUT2D eigenvalue weighted by molar-refractivity contribution is 6.31. The Balaban J connectivity index is 2.04. The Morgan fingerprint density at radius 2 is 2.26 bits per heavy atom. The molecule has 0 radical (unpaired) electrons. The van der Waals surface area contributed by atoms with Crippen LogP contribution in [0.3, 0.4) is 0 Å². The number of halogens is 1. The van der Waals surface area contributed by atoms with Gasteiger partial charge in [0.25, 0.3) is 0 Å². The highest BCUT2D eigenvalue weighted by atomic mass is 35.5. The van der Waals surface area contributed by atoms with Crippen LogP contribution in [-0.2, 0) is 0 Å². The molecule has 19 heavy (non-hydrogen) atoms. The van der Waals surface area contributed by atoms with Crippen molar-refractivity contribution in [1.82, 2.24) is 9.55 Å². The van der Waals surface area contributed by atoms with Gasteiger partial charge in [-0.3, -0.25) is 0 Å². The normalized spacial score (nSPS) is 17.0. The molecule has 1 atom stereocenters. The van der Waals surface area contributed by atoms with Crippen molar-refractivity contribution in [2.24, 2.45) is 5.73 Å². The van der Waals surface area contributed by atoms with Crippen molar-refractivity contribution < 1.29 is 0 Å². The number of imidazole rings is 1. The molecule has 3 nitrogen and oxygen atoms in total. The zero-order valence-corrected chi connectivity index (χ0v) is 12.0. The molecule has 1 aliphatic carbocycles. The molecular formula is C15H20ClN3. The Kier molecular flexibility index (Phi) is 3.50. The minimum absolute atomic E-state index is 0.454. The van der Waals surface area contributed by atoms with E-state index in [-0.39, 0.29) is 0 Å². The third-order valence-electron chi connectivity index (χ3n) is 3.87. The lowest BCUT2D eigenvalue weighted by molar-refractivity contribution is 0.570. The highest BCUT2D eigenvalue weighted by Crippen LogP contribution is 2.41. The maximum Gasteiger partial charge on any atom is 0.112 e. The maximum absolute atomic E-state index is 6.07. The van der Waals surface area contributed by atoms with E-state index in [9.17, 15) is 0 Å². The van der Waals surface area contributed by atoms with Gasteiger partial charge in [-0.25, -0.2) is 4.98 Å². The molecule has 1 aliphatic rings. The molecule has 1 saturated carbocycles. The number of nitrogens with zero attached hydrogens (tertiary/aromatic N) is 2. The van der Waals surface area contributed by atoms with Crippen molar-refractivity contribution in [3.63, 3.8) is 0 Å². The molecule has 102 valence electrons. The van der Waals surface area contributed by atoms with Gasteiger partial charge < -0.3 is 10.3 Å². The summed E-state index contributed by atoms with van der Waals surface area (Å²) in [5, 5.41) is 0.758. The van der Waals surface area contributed by atoms with E-state index in [4.69, 9.17) is 22.3 Å². The Hall–Kier alpha value is -1.06. The number of fused-ring (bicyclic) bond motifs is 1. The first-order valence-corrected chi connectivity index (χ1v) is 7.46. The van der Waals surface area contributed by atoms with Crippen molar-refractivity contribution in [2.45, 2.75) is 44.6 Å². The summed E-state index contributed by atoms with van der Waals surface area (Å²) in [7, 11) is 0. The van der Waals surface area contributed by atoms with E-state index in [0.717, 1.165) is 29.9 Å². The average Bonchev–Trinajstić information content (AvgIpc) is 3.16. The SMILES string of the molecule is CC(CCCN)c1nc2cc(Cl)ccc2n1C1CC1. The predicted molar refractivity (Wildman–Crippen MR) is 79.7 cm³/mol. The van der Waals surface area contributed by atoms with Crippen molar-refractivity contribution in [3.8, 4) is 0 Å². The summed E-state index contributed by atoms with van der Waals surface area (Å²) >= 11 is 6.07. The summed E-state index contributed by atoms with van der Waals surface area (Å²) in [6.45, 7) is 3.00. The second-order valence-electron chi connectivity index (χ2n) is 5.54. The van der Waals surface area contributed by atoms with Gasteiger partial charge in [-0.15, -0.1) is 0 Å². The van der Waals surface area contributed by atoms with Gasteiger partial charge in [0, 0.05) is 17.0 Å². The molecule has 0 bridgehead atoms. The Labute approximate surface area is 118 Å². The lowest BCUT2D eigenvalue weighted by atomic mass is 10.0. The fourth-order valence-electron chi connectivity index (χ4n) is 2.71. The smallest absolute Gasteiger partial charge is 0.112 e. The van der Waals surface area contributed by atoms with Gasteiger partial charge in [-0.05, 0) is 50.4 Å². The molecule has 4 heteroatoms. The standard InChI is InChI=1S/C15H20ClN3/c1-10(3-2-8-17)15-18-13-9-11(16)4-7-14(13)19(15)12-5-6-12/h4,7,9-10,12H,2-3,5-6,8,17H2,1H3. The zero-order chi connectivity index (χ0) is 13.4. The van der Waals surface area contributed by atoms with E-state index in [1.807, 2.05) is 12.1 Å². The lowest BCUT2D eigenvalue weighted by Gasteiger charge is -2.13.